The molecule has 0 saturated heterocycles. The second-order valence-corrected chi connectivity index (χ2v) is 6.33. The van der Waals surface area contributed by atoms with Crippen molar-refractivity contribution in [2.24, 2.45) is 11.8 Å². The topological polar surface area (TPSA) is 123 Å². The van der Waals surface area contributed by atoms with Crippen molar-refractivity contribution in [1.29, 1.82) is 0 Å². The molecule has 25 heavy (non-hydrogen) atoms. The predicted octanol–water partition coefficient (Wildman–Crippen LogP) is -0.354. The lowest BCUT2D eigenvalue weighted by Gasteiger charge is -2.20. The summed E-state index contributed by atoms with van der Waals surface area (Å²) in [6, 6.07) is -0.900. The Balaban J connectivity index is 0. The second-order valence-electron chi connectivity index (χ2n) is 6.33. The molecule has 0 spiro atoms. The van der Waals surface area contributed by atoms with Crippen LogP contribution in [0, 0.1) is 11.8 Å². The van der Waals surface area contributed by atoms with E-state index in [0.29, 0.717) is 24.7 Å². The highest BCUT2D eigenvalue weighted by molar-refractivity contribution is 5.86. The fourth-order valence-electron chi connectivity index (χ4n) is 1.79. The Bertz CT molecular complexity index is 439. The average Bonchev–Trinajstić information content (AvgIpc) is 2.43. The van der Waals surface area contributed by atoms with E-state index in [1.807, 2.05) is 27.7 Å². The van der Waals surface area contributed by atoms with Crippen molar-refractivity contribution in [3.05, 3.63) is 0 Å². The van der Waals surface area contributed by atoms with E-state index in [1.165, 1.54) is 7.11 Å². The average molecular weight is 372 g/mol. The van der Waals surface area contributed by atoms with Gasteiger partial charge in [-0.2, -0.15) is 13.2 Å². The maximum Gasteiger partial charge on any atom is 0.430 e. The van der Waals surface area contributed by atoms with Gasteiger partial charge in [-0.25, -0.2) is 4.79 Å². The van der Waals surface area contributed by atoms with Crippen LogP contribution in [-0.4, -0.2) is 43.2 Å². The number of alkyl halides is 3. The minimum atomic E-state index is -5.19. The van der Waals surface area contributed by atoms with Crippen molar-refractivity contribution in [1.82, 2.24) is 5.32 Å². The number of esters is 1. The zero-order valence-electron chi connectivity index (χ0n) is 15.1. The number of amides is 1. The first-order valence-electron chi connectivity index (χ1n) is 7.71. The number of carbonyl (C=O) groups is 3. The van der Waals surface area contributed by atoms with Gasteiger partial charge in [0.2, 0.25) is 0 Å². The maximum atomic E-state index is 11.9. The van der Waals surface area contributed by atoms with E-state index >= 15 is 0 Å². The molecule has 0 rings (SSSR count). The van der Waals surface area contributed by atoms with Crippen LogP contribution in [0.25, 0.3) is 0 Å². The molecule has 0 aliphatic carbocycles. The molecule has 148 valence electrons. The standard InChI is InChI=1S/C13H26N2O3.C2HF3O2/c1-8(2)6-10(14)12(16)15-11(7-9(3)4)13(17)18-5;3-2(4,5)1(6)7/h8-11H,6-7,14H2,1-5H3,(H,15,16);(H,6,7)/t10-,11-;/m0./s1. The molecule has 0 fully saturated rings. The number of carboxylic acids is 1. The van der Waals surface area contributed by atoms with Gasteiger partial charge in [-0.3, -0.25) is 4.79 Å². The molecule has 1 amide bonds. The van der Waals surface area contributed by atoms with E-state index in [4.69, 9.17) is 14.6 Å². The van der Waals surface area contributed by atoms with Gasteiger partial charge in [0.05, 0.1) is 7.11 Å². The number of carboxylic acid groups (broad SMARTS) is 1. The molecule has 0 aromatic carbocycles. The molecule has 0 radical (unpaired) electrons. The van der Waals surface area contributed by atoms with E-state index in [9.17, 15) is 22.8 Å². The number of quaternary nitrogens is 1. The van der Waals surface area contributed by atoms with Gasteiger partial charge in [0, 0.05) is 6.42 Å². The number of nitrogens with one attached hydrogen (secondary N) is 1. The third kappa shape index (κ3) is 13.2. The lowest BCUT2D eigenvalue weighted by atomic mass is 10.0. The van der Waals surface area contributed by atoms with Crippen LogP contribution in [0.2, 0.25) is 0 Å². The molecule has 7 nitrogen and oxygen atoms in total. The summed E-state index contributed by atoms with van der Waals surface area (Å²) >= 11 is 0. The molecule has 0 saturated carbocycles. The minimum absolute atomic E-state index is 0.181. The summed E-state index contributed by atoms with van der Waals surface area (Å²) in [6.45, 7) is 8.07. The van der Waals surface area contributed by atoms with E-state index in [0.717, 1.165) is 0 Å². The van der Waals surface area contributed by atoms with Gasteiger partial charge in [-0.1, -0.05) is 27.7 Å². The molecule has 10 heteroatoms. The number of halogens is 3. The van der Waals surface area contributed by atoms with Crippen LogP contribution in [-0.2, 0) is 19.1 Å². The van der Waals surface area contributed by atoms with Gasteiger partial charge in [0.25, 0.3) is 5.91 Å². The number of hydrogen-bond donors (Lipinski definition) is 2. The molecule has 0 aromatic heterocycles. The Morgan fingerprint density at radius 3 is 1.76 bits per heavy atom. The molecule has 0 unspecified atom stereocenters. The van der Waals surface area contributed by atoms with Crippen LogP contribution in [0.1, 0.15) is 40.5 Å². The third-order valence-corrected chi connectivity index (χ3v) is 2.87. The Labute approximate surface area is 145 Å². The van der Waals surface area contributed by atoms with Crippen LogP contribution in [0.5, 0.6) is 0 Å². The molecule has 0 bridgehead atoms. The number of aliphatic carboxylic acids is 1. The quantitative estimate of drug-likeness (QED) is 0.591. The van der Waals surface area contributed by atoms with E-state index in [2.05, 4.69) is 11.1 Å². The second kappa shape index (κ2) is 11.7. The molecule has 2 atom stereocenters. The van der Waals surface area contributed by atoms with E-state index < -0.39 is 24.2 Å². The monoisotopic (exact) mass is 372 g/mol. The largest absolute Gasteiger partial charge is 0.542 e. The predicted molar refractivity (Wildman–Crippen MR) is 80.6 cm³/mol. The normalized spacial score (nSPS) is 13.6. The summed E-state index contributed by atoms with van der Waals surface area (Å²) in [5.41, 5.74) is 3.83. The van der Waals surface area contributed by atoms with Crippen molar-refractivity contribution >= 4 is 17.8 Å². The van der Waals surface area contributed by atoms with Crippen LogP contribution in [0.3, 0.4) is 0 Å². The molecule has 0 aliphatic heterocycles. The highest BCUT2D eigenvalue weighted by Crippen LogP contribution is 2.11. The summed E-state index contributed by atoms with van der Waals surface area (Å²) in [5.74, 6) is -2.87. The number of methoxy groups -OCH3 is 1. The van der Waals surface area contributed by atoms with E-state index in [1.54, 1.807) is 0 Å². The number of carbonyl (C=O) groups excluding carboxylic acids is 3. The number of rotatable bonds is 7. The van der Waals surface area contributed by atoms with Crippen LogP contribution < -0.4 is 16.2 Å². The molecular formula is C15H27F3N2O5. The Kier molecular flexibility index (Phi) is 11.9. The first kappa shape index (κ1) is 25.4. The zero-order valence-corrected chi connectivity index (χ0v) is 15.1. The minimum Gasteiger partial charge on any atom is -0.542 e. The van der Waals surface area contributed by atoms with Crippen molar-refractivity contribution in [3.8, 4) is 0 Å². The number of hydrogen-bond acceptors (Lipinski definition) is 5. The lowest BCUT2D eigenvalue weighted by Crippen LogP contribution is -2.69. The molecule has 4 N–H and O–H groups in total. The highest BCUT2D eigenvalue weighted by Gasteiger charge is 2.29. The van der Waals surface area contributed by atoms with Crippen LogP contribution in [0.4, 0.5) is 13.2 Å². The van der Waals surface area contributed by atoms with Crippen molar-refractivity contribution in [2.75, 3.05) is 7.11 Å². The first-order valence-corrected chi connectivity index (χ1v) is 7.71. The van der Waals surface area contributed by atoms with Gasteiger partial charge >= 0.3 is 12.1 Å². The fourth-order valence-corrected chi connectivity index (χ4v) is 1.79. The third-order valence-electron chi connectivity index (χ3n) is 2.87. The Morgan fingerprint density at radius 2 is 1.48 bits per heavy atom. The smallest absolute Gasteiger partial charge is 0.430 e. The van der Waals surface area contributed by atoms with E-state index in [-0.39, 0.29) is 11.9 Å². The summed E-state index contributed by atoms with van der Waals surface area (Å²) in [5, 5.41) is 11.5. The highest BCUT2D eigenvalue weighted by atomic mass is 19.4. The molecule has 0 aromatic rings. The molecule has 0 heterocycles. The lowest BCUT2D eigenvalue weighted by molar-refractivity contribution is -0.406. The van der Waals surface area contributed by atoms with Gasteiger partial charge in [-0.05, 0) is 18.3 Å². The summed E-state index contributed by atoms with van der Waals surface area (Å²) in [7, 11) is 1.33. The van der Waals surface area contributed by atoms with Crippen molar-refractivity contribution in [2.45, 2.75) is 58.8 Å². The van der Waals surface area contributed by atoms with Crippen molar-refractivity contribution < 1.29 is 43.1 Å². The fraction of sp³-hybridized carbons (Fsp3) is 0.800. The summed E-state index contributed by atoms with van der Waals surface area (Å²) in [6.07, 6.45) is -3.91. The Morgan fingerprint density at radius 1 is 1.08 bits per heavy atom. The van der Waals surface area contributed by atoms with Gasteiger partial charge in [0.15, 0.2) is 6.04 Å². The SMILES string of the molecule is COC(=O)[C@H](CC(C)C)NC(=O)[C@@H]([NH3+])CC(C)C.O=C([O-])C(F)(F)F. The number of ether oxygens (including phenoxy) is 1. The summed E-state index contributed by atoms with van der Waals surface area (Å²) in [4.78, 5) is 32.3. The van der Waals surface area contributed by atoms with Gasteiger partial charge < -0.3 is 25.7 Å². The van der Waals surface area contributed by atoms with Crippen LogP contribution in [0.15, 0.2) is 0 Å². The summed E-state index contributed by atoms with van der Waals surface area (Å²) < 4.78 is 36.2. The maximum absolute atomic E-state index is 11.9. The van der Waals surface area contributed by atoms with Gasteiger partial charge in [0.1, 0.15) is 12.0 Å². The van der Waals surface area contributed by atoms with Gasteiger partial charge in [-0.15, -0.1) is 0 Å². The zero-order chi connectivity index (χ0) is 20.4. The Hall–Kier alpha value is -1.84. The first-order chi connectivity index (χ1) is 11.2. The molecular weight excluding hydrogens is 345 g/mol. The van der Waals surface area contributed by atoms with Crippen molar-refractivity contribution in [3.63, 3.8) is 0 Å². The van der Waals surface area contributed by atoms with Crippen LogP contribution >= 0.6 is 0 Å². The molecule has 0 aliphatic rings.